The van der Waals surface area contributed by atoms with Crippen LogP contribution in [0.5, 0.6) is 0 Å². The van der Waals surface area contributed by atoms with Crippen LogP contribution in [0.15, 0.2) is 43.0 Å². The molecule has 0 amide bonds. The summed E-state index contributed by atoms with van der Waals surface area (Å²) < 4.78 is 0. The topological polar surface area (TPSA) is 3.24 Å². The predicted molar refractivity (Wildman–Crippen MR) is 81.2 cm³/mol. The zero-order valence-electron chi connectivity index (χ0n) is 12.2. The quantitative estimate of drug-likeness (QED) is 0.736. The first-order chi connectivity index (χ1) is 9.16. The molecule has 102 valence electrons. The molecule has 0 bridgehead atoms. The van der Waals surface area contributed by atoms with Crippen molar-refractivity contribution in [3.8, 4) is 0 Å². The number of hydrogen-bond acceptors (Lipinski definition) is 1. The minimum absolute atomic E-state index is 0.436. The van der Waals surface area contributed by atoms with Gasteiger partial charge in [0.2, 0.25) is 0 Å². The summed E-state index contributed by atoms with van der Waals surface area (Å²) in [5.41, 5.74) is 1.95. The van der Waals surface area contributed by atoms with Gasteiger partial charge in [0.1, 0.15) is 0 Å². The molecule has 1 aromatic carbocycles. The fourth-order valence-electron chi connectivity index (χ4n) is 4.56. The fraction of sp³-hybridized carbons (Fsp3) is 0.556. The maximum Gasteiger partial charge on any atom is 0.0206 e. The number of piperidine rings is 1. The summed E-state index contributed by atoms with van der Waals surface area (Å²) in [7, 11) is 0. The second-order valence-electron chi connectivity index (χ2n) is 6.73. The van der Waals surface area contributed by atoms with E-state index in [-0.39, 0.29) is 0 Å². The molecule has 1 heteroatoms. The van der Waals surface area contributed by atoms with Gasteiger partial charge in [-0.2, -0.15) is 0 Å². The van der Waals surface area contributed by atoms with Gasteiger partial charge in [0.05, 0.1) is 0 Å². The lowest BCUT2D eigenvalue weighted by Gasteiger charge is -2.64. The molecule has 1 heterocycles. The summed E-state index contributed by atoms with van der Waals surface area (Å²) in [5, 5.41) is 0. The lowest BCUT2D eigenvalue weighted by Crippen LogP contribution is -2.65. The van der Waals surface area contributed by atoms with Gasteiger partial charge in [-0.3, -0.25) is 4.90 Å². The molecule has 1 nitrogen and oxygen atoms in total. The molecule has 0 N–H and O–H groups in total. The third-order valence-corrected chi connectivity index (χ3v) is 5.42. The predicted octanol–water partition coefficient (Wildman–Crippen LogP) is 4.08. The van der Waals surface area contributed by atoms with Crippen LogP contribution in [0.3, 0.4) is 0 Å². The summed E-state index contributed by atoms with van der Waals surface area (Å²) in [5.74, 6) is 1.53. The largest absolute Gasteiger partial charge is 0.296 e. The number of fused-ring (bicyclic) bond motifs is 1. The van der Waals surface area contributed by atoms with Gasteiger partial charge in [0, 0.05) is 18.5 Å². The Bertz CT molecular complexity index is 448. The monoisotopic (exact) mass is 255 g/mol. The molecule has 1 saturated heterocycles. The Labute approximate surface area is 117 Å². The third-order valence-electron chi connectivity index (χ3n) is 5.42. The van der Waals surface area contributed by atoms with Gasteiger partial charge >= 0.3 is 0 Å². The Morgan fingerprint density at radius 3 is 2.74 bits per heavy atom. The zero-order chi connectivity index (χ0) is 13.5. The van der Waals surface area contributed by atoms with E-state index in [9.17, 15) is 0 Å². The maximum absolute atomic E-state index is 3.93. The average Bonchev–Trinajstić information content (AvgIpc) is 2.41. The van der Waals surface area contributed by atoms with Crippen LogP contribution in [0.4, 0.5) is 0 Å². The molecule has 1 aromatic rings. The van der Waals surface area contributed by atoms with Crippen LogP contribution >= 0.6 is 0 Å². The SMILES string of the molecule is C=CCN1CCC[C@@H]2[C@H]1[C@H](c1ccccc1)C2(C)C. The van der Waals surface area contributed by atoms with Crippen molar-refractivity contribution in [2.24, 2.45) is 11.3 Å². The molecule has 1 aliphatic carbocycles. The standard InChI is InChI=1S/C18H25N/c1-4-12-19-13-8-11-15-17(19)16(18(15,2)3)14-9-6-5-7-10-14/h4-7,9-10,15-17H,1,8,11-13H2,2-3H3/t15-,16+,17+/m1/s1. The highest BCUT2D eigenvalue weighted by molar-refractivity contribution is 5.31. The van der Waals surface area contributed by atoms with E-state index in [0.29, 0.717) is 11.3 Å². The number of benzene rings is 1. The summed E-state index contributed by atoms with van der Waals surface area (Å²) in [6.07, 6.45) is 4.81. The van der Waals surface area contributed by atoms with Crippen molar-refractivity contribution in [2.75, 3.05) is 13.1 Å². The van der Waals surface area contributed by atoms with E-state index in [1.165, 1.54) is 24.9 Å². The van der Waals surface area contributed by atoms with Gasteiger partial charge in [-0.1, -0.05) is 50.3 Å². The molecule has 1 aliphatic heterocycles. The van der Waals surface area contributed by atoms with E-state index in [4.69, 9.17) is 0 Å². The van der Waals surface area contributed by atoms with Crippen molar-refractivity contribution in [3.05, 3.63) is 48.6 Å². The van der Waals surface area contributed by atoms with Gasteiger partial charge in [0.15, 0.2) is 0 Å². The van der Waals surface area contributed by atoms with E-state index in [1.807, 2.05) is 0 Å². The van der Waals surface area contributed by atoms with Crippen LogP contribution in [-0.4, -0.2) is 24.0 Å². The molecule has 0 spiro atoms. The first-order valence-electron chi connectivity index (χ1n) is 7.56. The highest BCUT2D eigenvalue weighted by Gasteiger charge is 2.58. The van der Waals surface area contributed by atoms with Gasteiger partial charge in [-0.15, -0.1) is 6.58 Å². The molecule has 0 unspecified atom stereocenters. The Morgan fingerprint density at radius 2 is 2.05 bits per heavy atom. The number of hydrogen-bond donors (Lipinski definition) is 0. The summed E-state index contributed by atoms with van der Waals surface area (Å²) in [4.78, 5) is 2.66. The van der Waals surface area contributed by atoms with Crippen LogP contribution < -0.4 is 0 Å². The zero-order valence-corrected chi connectivity index (χ0v) is 12.2. The van der Waals surface area contributed by atoms with Crippen LogP contribution in [0.25, 0.3) is 0 Å². The molecule has 2 aliphatic rings. The van der Waals surface area contributed by atoms with Crippen LogP contribution in [0, 0.1) is 11.3 Å². The molecular weight excluding hydrogens is 230 g/mol. The number of nitrogens with zero attached hydrogens (tertiary/aromatic N) is 1. The smallest absolute Gasteiger partial charge is 0.0206 e. The average molecular weight is 255 g/mol. The summed E-state index contributed by atoms with van der Waals surface area (Å²) in [6, 6.07) is 11.8. The summed E-state index contributed by atoms with van der Waals surface area (Å²) in [6.45, 7) is 11.1. The molecular formula is C18H25N. The Hall–Kier alpha value is -1.08. The van der Waals surface area contributed by atoms with Crippen molar-refractivity contribution in [3.63, 3.8) is 0 Å². The van der Waals surface area contributed by atoms with Crippen molar-refractivity contribution in [1.29, 1.82) is 0 Å². The highest BCUT2D eigenvalue weighted by atomic mass is 15.2. The van der Waals surface area contributed by atoms with Crippen LogP contribution in [0.1, 0.15) is 38.2 Å². The Balaban J connectivity index is 1.91. The fourth-order valence-corrected chi connectivity index (χ4v) is 4.56. The van der Waals surface area contributed by atoms with Gasteiger partial charge in [-0.25, -0.2) is 0 Å². The molecule has 0 aromatic heterocycles. The molecule has 19 heavy (non-hydrogen) atoms. The van der Waals surface area contributed by atoms with E-state index < -0.39 is 0 Å². The highest BCUT2D eigenvalue weighted by Crippen LogP contribution is 2.61. The van der Waals surface area contributed by atoms with Gasteiger partial charge in [-0.05, 0) is 36.3 Å². The van der Waals surface area contributed by atoms with Gasteiger partial charge in [0.25, 0.3) is 0 Å². The third kappa shape index (κ3) is 1.95. The molecule has 3 atom stereocenters. The van der Waals surface area contributed by atoms with E-state index in [0.717, 1.165) is 18.5 Å². The second kappa shape index (κ2) is 4.79. The Kier molecular flexibility index (Phi) is 3.26. The lowest BCUT2D eigenvalue weighted by molar-refractivity contribution is -0.106. The van der Waals surface area contributed by atoms with Crippen LogP contribution in [0.2, 0.25) is 0 Å². The van der Waals surface area contributed by atoms with E-state index in [2.05, 4.69) is 61.7 Å². The molecule has 0 radical (unpaired) electrons. The van der Waals surface area contributed by atoms with Crippen molar-refractivity contribution < 1.29 is 0 Å². The number of rotatable bonds is 3. The van der Waals surface area contributed by atoms with E-state index >= 15 is 0 Å². The van der Waals surface area contributed by atoms with Gasteiger partial charge < -0.3 is 0 Å². The van der Waals surface area contributed by atoms with Crippen LogP contribution in [-0.2, 0) is 0 Å². The maximum atomic E-state index is 3.93. The molecule has 3 rings (SSSR count). The minimum Gasteiger partial charge on any atom is -0.296 e. The first kappa shape index (κ1) is 12.9. The Morgan fingerprint density at radius 1 is 1.32 bits per heavy atom. The van der Waals surface area contributed by atoms with Crippen molar-refractivity contribution in [2.45, 2.75) is 38.6 Å². The van der Waals surface area contributed by atoms with E-state index in [1.54, 1.807) is 0 Å². The summed E-state index contributed by atoms with van der Waals surface area (Å²) >= 11 is 0. The van der Waals surface area contributed by atoms with Crippen molar-refractivity contribution >= 4 is 0 Å². The number of likely N-dealkylation sites (tertiary alicyclic amines) is 1. The lowest BCUT2D eigenvalue weighted by atomic mass is 9.47. The molecule has 2 fully saturated rings. The van der Waals surface area contributed by atoms with Crippen molar-refractivity contribution in [1.82, 2.24) is 4.90 Å². The second-order valence-corrected chi connectivity index (χ2v) is 6.73. The first-order valence-corrected chi connectivity index (χ1v) is 7.56. The normalized spacial score (nSPS) is 33.3. The molecule has 1 saturated carbocycles. The minimum atomic E-state index is 0.436.